The van der Waals surface area contributed by atoms with Crippen LogP contribution in [0.5, 0.6) is 11.5 Å². The van der Waals surface area contributed by atoms with Crippen LogP contribution in [0.15, 0.2) is 65.1 Å². The summed E-state index contributed by atoms with van der Waals surface area (Å²) in [6.45, 7) is 1.52. The zero-order chi connectivity index (χ0) is 23.5. The van der Waals surface area contributed by atoms with E-state index in [2.05, 4.69) is 9.88 Å². The van der Waals surface area contributed by atoms with Crippen molar-refractivity contribution >= 4 is 34.5 Å². The minimum absolute atomic E-state index is 0.0229. The number of rotatable bonds is 7. The number of aliphatic hydroxyl groups excluding tert-OH is 1. The van der Waals surface area contributed by atoms with Gasteiger partial charge in [0.05, 0.1) is 5.56 Å². The van der Waals surface area contributed by atoms with E-state index < -0.39 is 17.4 Å². The summed E-state index contributed by atoms with van der Waals surface area (Å²) in [7, 11) is 0. The lowest BCUT2D eigenvalue weighted by molar-refractivity contribution is 0.101. The predicted molar refractivity (Wildman–Crippen MR) is 123 cm³/mol. The molecule has 0 aromatic heterocycles. The minimum atomic E-state index is -1.77. The fourth-order valence-corrected chi connectivity index (χ4v) is 3.94. The number of phenolic OH excluding ortho intramolecular Hbond substituents is 1. The van der Waals surface area contributed by atoms with E-state index in [1.54, 1.807) is 48.5 Å². The number of carbonyl (C=O) groups is 1. The predicted octanol–water partition coefficient (Wildman–Crippen LogP) is 3.77. The van der Waals surface area contributed by atoms with E-state index in [1.165, 1.54) is 19.1 Å². The number of phenols is 1. The Morgan fingerprint density at radius 1 is 1.18 bits per heavy atom. The average molecular weight is 487 g/mol. The molecule has 10 heteroatoms. The van der Waals surface area contributed by atoms with E-state index in [-0.39, 0.29) is 34.5 Å². The molecule has 8 nitrogen and oxygen atoms in total. The van der Waals surface area contributed by atoms with Gasteiger partial charge >= 0.3 is 11.3 Å². The lowest BCUT2D eigenvalue weighted by Gasteiger charge is -2.14. The molecule has 170 valence electrons. The number of carbonyl (C=O) groups excluding carboxylic acids is 1. The van der Waals surface area contributed by atoms with Crippen molar-refractivity contribution in [2.75, 3.05) is 0 Å². The molecule has 0 saturated heterocycles. The number of hydrogen-bond donors (Lipinski definition) is 3. The summed E-state index contributed by atoms with van der Waals surface area (Å²) < 4.78 is 25.5. The number of benzene rings is 3. The van der Waals surface area contributed by atoms with E-state index in [1.807, 2.05) is 0 Å². The molecule has 0 bridgehead atoms. The molecule has 33 heavy (non-hydrogen) atoms. The van der Waals surface area contributed by atoms with E-state index in [9.17, 15) is 19.2 Å². The van der Waals surface area contributed by atoms with Crippen molar-refractivity contribution in [3.05, 3.63) is 93.5 Å². The molecule has 0 fully saturated rings. The molecular formula is C23H19ClN2O6S. The molecule has 0 spiro atoms. The second-order valence-electron chi connectivity index (χ2n) is 7.23. The van der Waals surface area contributed by atoms with Gasteiger partial charge in [0, 0.05) is 5.56 Å². The highest BCUT2D eigenvalue weighted by atomic mass is 35.5. The van der Waals surface area contributed by atoms with E-state index >= 15 is 0 Å². The summed E-state index contributed by atoms with van der Waals surface area (Å²) in [6.07, 6.45) is -0.890. The number of nitrogens with zero attached hydrogens (tertiary/aromatic N) is 1. The highest BCUT2D eigenvalue weighted by molar-refractivity contribution is 7.79. The Kier molecular flexibility index (Phi) is 6.75. The molecule has 3 aromatic rings. The van der Waals surface area contributed by atoms with Crippen LogP contribution in [-0.2, 0) is 22.2 Å². The topological polar surface area (TPSA) is 117 Å². The van der Waals surface area contributed by atoms with Gasteiger partial charge in [0.2, 0.25) is 0 Å². The Balaban J connectivity index is 1.45. The Labute approximate surface area is 197 Å². The van der Waals surface area contributed by atoms with Crippen LogP contribution in [-0.4, -0.2) is 26.0 Å². The van der Waals surface area contributed by atoms with Crippen LogP contribution in [0.3, 0.4) is 0 Å². The monoisotopic (exact) mass is 486 g/mol. The maximum Gasteiger partial charge on any atom is 0.309 e. The van der Waals surface area contributed by atoms with Crippen molar-refractivity contribution in [2.24, 2.45) is 4.40 Å². The summed E-state index contributed by atoms with van der Waals surface area (Å²) in [5.74, 6) is -0.0141. The highest BCUT2D eigenvalue weighted by Crippen LogP contribution is 2.36. The molecule has 1 aliphatic rings. The first-order chi connectivity index (χ1) is 15.8. The summed E-state index contributed by atoms with van der Waals surface area (Å²) in [6, 6.07) is 17.2. The minimum Gasteiger partial charge on any atom is -0.505 e. The van der Waals surface area contributed by atoms with Gasteiger partial charge in [-0.1, -0.05) is 54.1 Å². The van der Waals surface area contributed by atoms with Crippen LogP contribution in [0, 0.1) is 0 Å². The molecule has 2 unspecified atom stereocenters. The molecular weight excluding hydrogens is 468 g/mol. The van der Waals surface area contributed by atoms with E-state index in [0.717, 1.165) is 5.56 Å². The quantitative estimate of drug-likeness (QED) is 0.435. The van der Waals surface area contributed by atoms with Gasteiger partial charge in [-0.05, 0) is 41.8 Å². The second kappa shape index (κ2) is 9.72. The van der Waals surface area contributed by atoms with Gasteiger partial charge in [-0.15, -0.1) is 4.40 Å². The maximum absolute atomic E-state index is 11.5. The second-order valence-corrected chi connectivity index (χ2v) is 8.39. The highest BCUT2D eigenvalue weighted by Gasteiger charge is 2.18. The average Bonchev–Trinajstić information content (AvgIpc) is 3.26. The lowest BCUT2D eigenvalue weighted by atomic mass is 9.98. The SMILES string of the molecule is CC(=O)c1ccc(OCc2ccc(C(O)c3cccc(C4=NS(=O)ON4)c3)cc2)c(Cl)c1O. The largest absolute Gasteiger partial charge is 0.505 e. The number of hydroxylamine groups is 1. The summed E-state index contributed by atoms with van der Waals surface area (Å²) in [5.41, 5.74) is 5.37. The third kappa shape index (κ3) is 5.07. The fourth-order valence-electron chi connectivity index (χ4n) is 3.25. The number of amidine groups is 1. The number of hydrogen-bond acceptors (Lipinski definition) is 7. The first kappa shape index (κ1) is 22.9. The third-order valence-electron chi connectivity index (χ3n) is 5.00. The number of nitrogens with one attached hydrogen (secondary N) is 1. The van der Waals surface area contributed by atoms with Crippen LogP contribution in [0.2, 0.25) is 5.02 Å². The number of ketones is 1. The molecule has 3 aromatic carbocycles. The normalized spacial score (nSPS) is 16.1. The molecule has 1 aliphatic heterocycles. The van der Waals surface area contributed by atoms with Crippen molar-refractivity contribution in [1.29, 1.82) is 0 Å². The van der Waals surface area contributed by atoms with Crippen LogP contribution < -0.4 is 10.2 Å². The first-order valence-electron chi connectivity index (χ1n) is 9.80. The number of halogens is 1. The molecule has 0 saturated carbocycles. The van der Waals surface area contributed by atoms with Gasteiger partial charge < -0.3 is 14.9 Å². The van der Waals surface area contributed by atoms with Crippen LogP contribution in [0.25, 0.3) is 0 Å². The molecule has 1 heterocycles. The van der Waals surface area contributed by atoms with Crippen LogP contribution in [0.1, 0.15) is 45.6 Å². The zero-order valence-corrected chi connectivity index (χ0v) is 18.9. The van der Waals surface area contributed by atoms with Crippen LogP contribution >= 0.6 is 11.6 Å². The van der Waals surface area contributed by atoms with Crippen molar-refractivity contribution in [2.45, 2.75) is 19.6 Å². The standard InChI is InChI=1S/C23H19ClN2O6S/c1-13(27)18-9-10-19(20(24)22(18)29)31-12-14-5-7-15(8-6-14)21(28)16-3-2-4-17(11-16)23-25-32-33(30)26-23/h2-11,21,28-29H,12H2,1H3,(H,25,26). The van der Waals surface area contributed by atoms with Gasteiger partial charge in [-0.3, -0.25) is 4.79 Å². The number of aromatic hydroxyl groups is 1. The maximum atomic E-state index is 11.5. The Morgan fingerprint density at radius 2 is 1.94 bits per heavy atom. The van der Waals surface area contributed by atoms with Crippen molar-refractivity contribution in [3.8, 4) is 11.5 Å². The van der Waals surface area contributed by atoms with E-state index in [0.29, 0.717) is 22.5 Å². The van der Waals surface area contributed by atoms with Gasteiger partial charge in [-0.25, -0.2) is 9.69 Å². The van der Waals surface area contributed by atoms with Crippen molar-refractivity contribution in [3.63, 3.8) is 0 Å². The van der Waals surface area contributed by atoms with Gasteiger partial charge in [0.15, 0.2) is 11.6 Å². The summed E-state index contributed by atoms with van der Waals surface area (Å²) in [4.78, 5) is 11.5. The number of ether oxygens (including phenoxy) is 1. The fraction of sp³-hybridized carbons (Fsp3) is 0.130. The smallest absolute Gasteiger partial charge is 0.309 e. The molecule has 2 atom stereocenters. The first-order valence-corrected chi connectivity index (χ1v) is 11.2. The van der Waals surface area contributed by atoms with Gasteiger partial charge in [0.25, 0.3) is 0 Å². The molecule has 4 rings (SSSR count). The Hall–Kier alpha value is -3.24. The lowest BCUT2D eigenvalue weighted by Crippen LogP contribution is -2.18. The Morgan fingerprint density at radius 3 is 2.61 bits per heavy atom. The molecule has 0 radical (unpaired) electrons. The molecule has 0 aliphatic carbocycles. The van der Waals surface area contributed by atoms with Gasteiger partial charge in [-0.2, -0.15) is 4.28 Å². The Bertz CT molecular complexity index is 1260. The summed E-state index contributed by atoms with van der Waals surface area (Å²) >= 11 is 4.35. The van der Waals surface area contributed by atoms with Crippen LogP contribution in [0.4, 0.5) is 0 Å². The van der Waals surface area contributed by atoms with Crippen molar-refractivity contribution in [1.82, 2.24) is 5.48 Å². The summed E-state index contributed by atoms with van der Waals surface area (Å²) in [5, 5.41) is 20.8. The van der Waals surface area contributed by atoms with Crippen molar-refractivity contribution < 1.29 is 28.2 Å². The number of aliphatic hydroxyl groups is 1. The third-order valence-corrected chi connectivity index (χ3v) is 5.92. The molecule has 3 N–H and O–H groups in total. The van der Waals surface area contributed by atoms with E-state index in [4.69, 9.17) is 20.6 Å². The van der Waals surface area contributed by atoms with Gasteiger partial charge in [0.1, 0.15) is 29.2 Å². The molecule has 0 amide bonds. The number of Topliss-reactive ketones (excluding diaryl/α,β-unsaturated/α-hetero) is 1. The zero-order valence-electron chi connectivity index (χ0n) is 17.3.